The fraction of sp³-hybridized carbons (Fsp3) is 0.500. The number of phenols is 1. The molecule has 1 atom stereocenters. The van der Waals surface area contributed by atoms with Gasteiger partial charge in [-0.05, 0) is 25.3 Å². The summed E-state index contributed by atoms with van der Waals surface area (Å²) in [5.74, 6) is 0.410. The smallest absolute Gasteiger partial charge is 0.120 e. The lowest BCUT2D eigenvalue weighted by Gasteiger charge is -2.17. The third kappa shape index (κ3) is 2.07. The van der Waals surface area contributed by atoms with Crippen molar-refractivity contribution in [1.29, 1.82) is 0 Å². The Morgan fingerprint density at radius 1 is 1.43 bits per heavy atom. The monoisotopic (exact) mass is 191 g/mol. The molecular formula is C12H17NO. The topological polar surface area (TPSA) is 32.3 Å². The van der Waals surface area contributed by atoms with Crippen molar-refractivity contribution in [3.63, 3.8) is 0 Å². The summed E-state index contributed by atoms with van der Waals surface area (Å²) >= 11 is 0. The molecule has 76 valence electrons. The van der Waals surface area contributed by atoms with E-state index in [1.54, 1.807) is 6.07 Å². The molecule has 2 N–H and O–H groups in total. The van der Waals surface area contributed by atoms with Crippen molar-refractivity contribution in [2.75, 3.05) is 0 Å². The van der Waals surface area contributed by atoms with Gasteiger partial charge in [-0.15, -0.1) is 0 Å². The molecule has 1 aliphatic rings. The van der Waals surface area contributed by atoms with Crippen LogP contribution < -0.4 is 5.32 Å². The Labute approximate surface area is 85.0 Å². The van der Waals surface area contributed by atoms with Crippen LogP contribution in [0.15, 0.2) is 24.3 Å². The molecule has 2 rings (SSSR count). The van der Waals surface area contributed by atoms with Crippen LogP contribution >= 0.6 is 0 Å². The highest BCUT2D eigenvalue weighted by molar-refractivity contribution is 5.34. The lowest BCUT2D eigenvalue weighted by Crippen LogP contribution is -2.22. The molecule has 1 aliphatic carbocycles. The van der Waals surface area contributed by atoms with E-state index in [0.717, 1.165) is 12.0 Å². The molecule has 0 heterocycles. The predicted molar refractivity (Wildman–Crippen MR) is 57.3 cm³/mol. The van der Waals surface area contributed by atoms with Gasteiger partial charge >= 0.3 is 0 Å². The van der Waals surface area contributed by atoms with Crippen LogP contribution in [0.25, 0.3) is 0 Å². The Morgan fingerprint density at radius 2 is 2.14 bits per heavy atom. The van der Waals surface area contributed by atoms with Gasteiger partial charge < -0.3 is 10.4 Å². The maximum Gasteiger partial charge on any atom is 0.120 e. The van der Waals surface area contributed by atoms with Gasteiger partial charge in [-0.3, -0.25) is 0 Å². The number of hydrogen-bond donors (Lipinski definition) is 2. The van der Waals surface area contributed by atoms with E-state index in [0.29, 0.717) is 17.8 Å². The number of hydrogen-bond acceptors (Lipinski definition) is 2. The van der Waals surface area contributed by atoms with E-state index < -0.39 is 0 Å². The van der Waals surface area contributed by atoms with Crippen LogP contribution in [0.3, 0.4) is 0 Å². The molecule has 0 aromatic heterocycles. The normalized spacial score (nSPS) is 18.1. The summed E-state index contributed by atoms with van der Waals surface area (Å²) in [6, 6.07) is 8.59. The number of benzene rings is 1. The quantitative estimate of drug-likeness (QED) is 0.766. The van der Waals surface area contributed by atoms with Gasteiger partial charge in [0.25, 0.3) is 0 Å². The van der Waals surface area contributed by atoms with Crippen molar-refractivity contribution in [1.82, 2.24) is 5.32 Å². The lowest BCUT2D eigenvalue weighted by molar-refractivity contribution is 0.440. The number of phenolic OH excluding ortho intramolecular Hbond substituents is 1. The fourth-order valence-corrected chi connectivity index (χ4v) is 1.74. The second-order valence-corrected chi connectivity index (χ2v) is 3.96. The standard InChI is InChI=1S/C12H17NO/c1-2-11(13-9-7-8-9)10-5-3-4-6-12(10)14/h3-6,9,11,13-14H,2,7-8H2,1H3/t11-/m0/s1. The van der Waals surface area contributed by atoms with Crippen molar-refractivity contribution in [2.45, 2.75) is 38.3 Å². The summed E-state index contributed by atoms with van der Waals surface area (Å²) in [4.78, 5) is 0. The van der Waals surface area contributed by atoms with E-state index in [1.165, 1.54) is 12.8 Å². The van der Waals surface area contributed by atoms with E-state index in [9.17, 15) is 5.11 Å². The Bertz CT molecular complexity index is 307. The van der Waals surface area contributed by atoms with Crippen LogP contribution in [-0.2, 0) is 0 Å². The summed E-state index contributed by atoms with van der Waals surface area (Å²) in [5.41, 5.74) is 1.03. The second-order valence-electron chi connectivity index (χ2n) is 3.96. The van der Waals surface area contributed by atoms with Crippen molar-refractivity contribution < 1.29 is 5.11 Å². The van der Waals surface area contributed by atoms with Gasteiger partial charge in [0.05, 0.1) is 0 Å². The summed E-state index contributed by atoms with van der Waals surface area (Å²) in [5, 5.41) is 13.2. The van der Waals surface area contributed by atoms with Gasteiger partial charge in [-0.2, -0.15) is 0 Å². The maximum atomic E-state index is 9.71. The SMILES string of the molecule is CC[C@H](NC1CC1)c1ccccc1O. The summed E-state index contributed by atoms with van der Waals surface area (Å²) in [7, 11) is 0. The molecule has 0 aliphatic heterocycles. The van der Waals surface area contributed by atoms with Crippen molar-refractivity contribution in [2.24, 2.45) is 0 Å². The van der Waals surface area contributed by atoms with Gasteiger partial charge in [0.1, 0.15) is 5.75 Å². The first-order valence-corrected chi connectivity index (χ1v) is 5.35. The van der Waals surface area contributed by atoms with Crippen LogP contribution in [0.1, 0.15) is 37.8 Å². The lowest BCUT2D eigenvalue weighted by atomic mass is 10.0. The van der Waals surface area contributed by atoms with Crippen LogP contribution in [0.2, 0.25) is 0 Å². The Hall–Kier alpha value is -1.02. The van der Waals surface area contributed by atoms with Gasteiger partial charge in [0.15, 0.2) is 0 Å². The molecule has 2 nitrogen and oxygen atoms in total. The molecular weight excluding hydrogens is 174 g/mol. The van der Waals surface area contributed by atoms with Crippen LogP contribution in [0.4, 0.5) is 0 Å². The maximum absolute atomic E-state index is 9.71. The first kappa shape index (κ1) is 9.53. The van der Waals surface area contributed by atoms with Gasteiger partial charge in [-0.1, -0.05) is 25.1 Å². The predicted octanol–water partition coefficient (Wildman–Crippen LogP) is 2.60. The average molecular weight is 191 g/mol. The molecule has 1 saturated carbocycles. The highest BCUT2D eigenvalue weighted by atomic mass is 16.3. The zero-order valence-electron chi connectivity index (χ0n) is 8.53. The zero-order valence-corrected chi connectivity index (χ0v) is 8.53. The Morgan fingerprint density at radius 3 is 2.71 bits per heavy atom. The minimum atomic E-state index is 0.309. The summed E-state index contributed by atoms with van der Waals surface area (Å²) < 4.78 is 0. The van der Waals surface area contributed by atoms with E-state index in [-0.39, 0.29) is 0 Å². The molecule has 1 aromatic carbocycles. The number of rotatable bonds is 4. The van der Waals surface area contributed by atoms with Gasteiger partial charge in [-0.25, -0.2) is 0 Å². The fourth-order valence-electron chi connectivity index (χ4n) is 1.74. The molecule has 0 saturated heterocycles. The largest absolute Gasteiger partial charge is 0.508 e. The number of para-hydroxylation sites is 1. The van der Waals surface area contributed by atoms with Crippen LogP contribution in [0, 0.1) is 0 Å². The third-order valence-electron chi connectivity index (χ3n) is 2.73. The highest BCUT2D eigenvalue weighted by Crippen LogP contribution is 2.30. The third-order valence-corrected chi connectivity index (χ3v) is 2.73. The van der Waals surface area contributed by atoms with Crippen molar-refractivity contribution in [3.05, 3.63) is 29.8 Å². The Kier molecular flexibility index (Phi) is 2.73. The average Bonchev–Trinajstić information content (AvgIpc) is 2.99. The number of aromatic hydroxyl groups is 1. The van der Waals surface area contributed by atoms with Gasteiger partial charge in [0, 0.05) is 17.6 Å². The van der Waals surface area contributed by atoms with E-state index in [2.05, 4.69) is 12.2 Å². The van der Waals surface area contributed by atoms with Crippen LogP contribution in [-0.4, -0.2) is 11.1 Å². The van der Waals surface area contributed by atoms with E-state index in [4.69, 9.17) is 0 Å². The molecule has 1 fully saturated rings. The summed E-state index contributed by atoms with van der Waals surface area (Å²) in [6.45, 7) is 2.15. The highest BCUT2D eigenvalue weighted by Gasteiger charge is 2.25. The van der Waals surface area contributed by atoms with E-state index in [1.807, 2.05) is 18.2 Å². The number of nitrogens with one attached hydrogen (secondary N) is 1. The molecule has 0 radical (unpaired) electrons. The first-order chi connectivity index (χ1) is 6.81. The van der Waals surface area contributed by atoms with Gasteiger partial charge in [0.2, 0.25) is 0 Å². The molecule has 2 heteroatoms. The van der Waals surface area contributed by atoms with Crippen molar-refractivity contribution in [3.8, 4) is 5.75 Å². The first-order valence-electron chi connectivity index (χ1n) is 5.35. The molecule has 0 spiro atoms. The van der Waals surface area contributed by atoms with E-state index >= 15 is 0 Å². The molecule has 0 bridgehead atoms. The molecule has 14 heavy (non-hydrogen) atoms. The minimum Gasteiger partial charge on any atom is -0.508 e. The molecule has 1 aromatic rings. The van der Waals surface area contributed by atoms with Crippen molar-refractivity contribution >= 4 is 0 Å². The molecule has 0 amide bonds. The minimum absolute atomic E-state index is 0.309. The summed E-state index contributed by atoms with van der Waals surface area (Å²) in [6.07, 6.45) is 3.59. The zero-order chi connectivity index (χ0) is 9.97. The molecule has 0 unspecified atom stereocenters. The van der Waals surface area contributed by atoms with Crippen LogP contribution in [0.5, 0.6) is 5.75 Å². The second kappa shape index (κ2) is 4.01. The Balaban J connectivity index is 2.12.